The molecule has 0 radical (unpaired) electrons. The Morgan fingerprint density at radius 3 is 2.61 bits per heavy atom. The van der Waals surface area contributed by atoms with E-state index >= 15 is 0 Å². The van der Waals surface area contributed by atoms with Crippen molar-refractivity contribution in [3.05, 3.63) is 23.2 Å². The van der Waals surface area contributed by atoms with Gasteiger partial charge in [0.05, 0.1) is 18.2 Å². The molecule has 0 bridgehead atoms. The second-order valence-corrected chi connectivity index (χ2v) is 6.52. The number of carbonyl (C=O) groups excluding carboxylic acids is 1. The SMILES string of the molecule is COc1ccc(NC(=O)C(NC2CCOCC2)C(C)C)cc1Cl. The molecular formula is C17H25ClN2O3. The standard InChI is InChI=1S/C17H25ClN2O3/c1-11(2)16(19-12-6-8-23-9-7-12)17(21)20-13-4-5-15(22-3)14(18)10-13/h4-5,10-12,16,19H,6-9H2,1-3H3,(H,20,21). The first-order valence-corrected chi connectivity index (χ1v) is 8.37. The predicted octanol–water partition coefficient (Wildman–Crippen LogP) is 3.08. The Hall–Kier alpha value is -1.30. The molecule has 0 aliphatic carbocycles. The normalized spacial score (nSPS) is 17.1. The van der Waals surface area contributed by atoms with Crippen LogP contribution in [-0.4, -0.2) is 38.3 Å². The highest BCUT2D eigenvalue weighted by Gasteiger charge is 2.26. The van der Waals surface area contributed by atoms with Gasteiger partial charge in [-0.3, -0.25) is 4.79 Å². The molecule has 1 atom stereocenters. The number of anilines is 1. The first kappa shape index (κ1) is 18.0. The van der Waals surface area contributed by atoms with Crippen LogP contribution in [0, 0.1) is 5.92 Å². The number of hydrogen-bond donors (Lipinski definition) is 2. The molecule has 5 nitrogen and oxygen atoms in total. The van der Waals surface area contributed by atoms with Crippen molar-refractivity contribution in [1.82, 2.24) is 5.32 Å². The van der Waals surface area contributed by atoms with Crippen LogP contribution in [0.5, 0.6) is 5.75 Å². The lowest BCUT2D eigenvalue weighted by molar-refractivity contribution is -0.119. The fourth-order valence-corrected chi connectivity index (χ4v) is 2.91. The van der Waals surface area contributed by atoms with E-state index in [9.17, 15) is 4.79 Å². The molecule has 0 saturated carbocycles. The molecule has 6 heteroatoms. The van der Waals surface area contributed by atoms with Crippen LogP contribution in [0.2, 0.25) is 5.02 Å². The molecule has 1 heterocycles. The van der Waals surface area contributed by atoms with Crippen molar-refractivity contribution in [2.75, 3.05) is 25.6 Å². The van der Waals surface area contributed by atoms with Crippen LogP contribution in [0.15, 0.2) is 18.2 Å². The molecule has 2 rings (SSSR count). The van der Waals surface area contributed by atoms with Crippen molar-refractivity contribution < 1.29 is 14.3 Å². The molecule has 1 unspecified atom stereocenters. The van der Waals surface area contributed by atoms with Crippen LogP contribution >= 0.6 is 11.6 Å². The third-order valence-corrected chi connectivity index (χ3v) is 4.30. The van der Waals surface area contributed by atoms with Gasteiger partial charge in [-0.25, -0.2) is 0 Å². The number of methoxy groups -OCH3 is 1. The van der Waals surface area contributed by atoms with Crippen molar-refractivity contribution in [1.29, 1.82) is 0 Å². The van der Waals surface area contributed by atoms with E-state index in [0.717, 1.165) is 26.1 Å². The molecule has 1 aliphatic rings. The van der Waals surface area contributed by atoms with Gasteiger partial charge in [0.25, 0.3) is 0 Å². The van der Waals surface area contributed by atoms with Gasteiger partial charge < -0.3 is 20.1 Å². The van der Waals surface area contributed by atoms with Gasteiger partial charge in [0.2, 0.25) is 5.91 Å². The quantitative estimate of drug-likeness (QED) is 0.835. The summed E-state index contributed by atoms with van der Waals surface area (Å²) in [4.78, 5) is 12.6. The average molecular weight is 341 g/mol. The first-order chi connectivity index (χ1) is 11.0. The summed E-state index contributed by atoms with van der Waals surface area (Å²) in [6, 6.07) is 5.30. The molecule has 128 valence electrons. The highest BCUT2D eigenvalue weighted by atomic mass is 35.5. The van der Waals surface area contributed by atoms with Crippen molar-refractivity contribution in [2.24, 2.45) is 5.92 Å². The Balaban J connectivity index is 2.01. The van der Waals surface area contributed by atoms with Gasteiger partial charge in [0, 0.05) is 24.9 Å². The van der Waals surface area contributed by atoms with E-state index in [4.69, 9.17) is 21.1 Å². The zero-order chi connectivity index (χ0) is 16.8. The molecular weight excluding hydrogens is 316 g/mol. The van der Waals surface area contributed by atoms with Crippen molar-refractivity contribution >= 4 is 23.2 Å². The van der Waals surface area contributed by atoms with Gasteiger partial charge in [-0.2, -0.15) is 0 Å². The summed E-state index contributed by atoms with van der Waals surface area (Å²) in [6.07, 6.45) is 1.87. The third kappa shape index (κ3) is 5.09. The van der Waals surface area contributed by atoms with Crippen LogP contribution in [0.1, 0.15) is 26.7 Å². The van der Waals surface area contributed by atoms with Gasteiger partial charge in [0.1, 0.15) is 5.75 Å². The summed E-state index contributed by atoms with van der Waals surface area (Å²) in [5.74, 6) is 0.727. The number of nitrogens with one attached hydrogen (secondary N) is 2. The zero-order valence-electron chi connectivity index (χ0n) is 13.9. The molecule has 1 aliphatic heterocycles. The Morgan fingerprint density at radius 1 is 1.35 bits per heavy atom. The molecule has 23 heavy (non-hydrogen) atoms. The Morgan fingerprint density at radius 2 is 2.04 bits per heavy atom. The van der Waals surface area contributed by atoms with Gasteiger partial charge in [-0.05, 0) is 37.0 Å². The first-order valence-electron chi connectivity index (χ1n) is 7.99. The summed E-state index contributed by atoms with van der Waals surface area (Å²) in [7, 11) is 1.56. The number of benzene rings is 1. The molecule has 1 saturated heterocycles. The minimum atomic E-state index is -0.251. The second-order valence-electron chi connectivity index (χ2n) is 6.11. The number of carbonyl (C=O) groups is 1. The highest BCUT2D eigenvalue weighted by molar-refractivity contribution is 6.32. The van der Waals surface area contributed by atoms with Crippen molar-refractivity contribution in [2.45, 2.75) is 38.8 Å². The van der Waals surface area contributed by atoms with E-state index in [0.29, 0.717) is 22.5 Å². The molecule has 0 aromatic heterocycles. The lowest BCUT2D eigenvalue weighted by atomic mass is 10.00. The van der Waals surface area contributed by atoms with Gasteiger partial charge in [-0.15, -0.1) is 0 Å². The van der Waals surface area contributed by atoms with Crippen LogP contribution in [-0.2, 0) is 9.53 Å². The summed E-state index contributed by atoms with van der Waals surface area (Å²) in [6.45, 7) is 5.57. The van der Waals surface area contributed by atoms with E-state index < -0.39 is 0 Å². The van der Waals surface area contributed by atoms with E-state index in [2.05, 4.69) is 10.6 Å². The fourth-order valence-electron chi connectivity index (χ4n) is 2.65. The predicted molar refractivity (Wildman–Crippen MR) is 92.2 cm³/mol. The minimum absolute atomic E-state index is 0.0484. The summed E-state index contributed by atoms with van der Waals surface area (Å²) < 4.78 is 10.5. The monoisotopic (exact) mass is 340 g/mol. The number of hydrogen-bond acceptors (Lipinski definition) is 4. The fraction of sp³-hybridized carbons (Fsp3) is 0.588. The van der Waals surface area contributed by atoms with E-state index in [1.165, 1.54) is 0 Å². The maximum absolute atomic E-state index is 12.6. The van der Waals surface area contributed by atoms with Crippen LogP contribution < -0.4 is 15.4 Å². The van der Waals surface area contributed by atoms with Gasteiger partial charge >= 0.3 is 0 Å². The van der Waals surface area contributed by atoms with Crippen LogP contribution in [0.4, 0.5) is 5.69 Å². The van der Waals surface area contributed by atoms with Gasteiger partial charge in [-0.1, -0.05) is 25.4 Å². The minimum Gasteiger partial charge on any atom is -0.495 e. The van der Waals surface area contributed by atoms with Crippen molar-refractivity contribution in [3.63, 3.8) is 0 Å². The number of rotatable bonds is 6. The van der Waals surface area contributed by atoms with Gasteiger partial charge in [0.15, 0.2) is 0 Å². The Bertz CT molecular complexity index is 531. The topological polar surface area (TPSA) is 59.6 Å². The Labute approximate surface area is 142 Å². The lowest BCUT2D eigenvalue weighted by Crippen LogP contribution is -2.50. The summed E-state index contributed by atoms with van der Waals surface area (Å²) in [5, 5.41) is 6.87. The molecule has 1 amide bonds. The smallest absolute Gasteiger partial charge is 0.241 e. The number of ether oxygens (including phenoxy) is 2. The maximum atomic E-state index is 12.6. The third-order valence-electron chi connectivity index (χ3n) is 4.01. The average Bonchev–Trinajstić information content (AvgIpc) is 2.53. The highest BCUT2D eigenvalue weighted by Crippen LogP contribution is 2.27. The summed E-state index contributed by atoms with van der Waals surface area (Å²) >= 11 is 6.10. The largest absolute Gasteiger partial charge is 0.495 e. The number of halogens is 1. The van der Waals surface area contributed by atoms with E-state index in [1.54, 1.807) is 25.3 Å². The molecule has 1 fully saturated rings. The Kier molecular flexibility index (Phi) is 6.69. The molecule has 2 N–H and O–H groups in total. The van der Waals surface area contributed by atoms with E-state index in [-0.39, 0.29) is 17.9 Å². The lowest BCUT2D eigenvalue weighted by Gasteiger charge is -2.30. The van der Waals surface area contributed by atoms with Crippen LogP contribution in [0.25, 0.3) is 0 Å². The molecule has 1 aromatic carbocycles. The maximum Gasteiger partial charge on any atom is 0.241 e. The second kappa shape index (κ2) is 8.52. The zero-order valence-corrected chi connectivity index (χ0v) is 14.7. The van der Waals surface area contributed by atoms with Crippen LogP contribution in [0.3, 0.4) is 0 Å². The summed E-state index contributed by atoms with van der Waals surface area (Å²) in [5.41, 5.74) is 0.667. The van der Waals surface area contributed by atoms with Crippen molar-refractivity contribution in [3.8, 4) is 5.75 Å². The molecule has 1 aromatic rings. The number of amides is 1. The molecule has 0 spiro atoms. The van der Waals surface area contributed by atoms with E-state index in [1.807, 2.05) is 13.8 Å².